The fraction of sp³-hybridized carbons (Fsp3) is 0.647. The van der Waals surface area contributed by atoms with E-state index in [-0.39, 0.29) is 0 Å². The Morgan fingerprint density at radius 1 is 1.10 bits per heavy atom. The van der Waals surface area contributed by atoms with Gasteiger partial charge in [0.15, 0.2) is 11.5 Å². The van der Waals surface area contributed by atoms with Crippen LogP contribution in [0.3, 0.4) is 0 Å². The molecule has 3 nitrogen and oxygen atoms in total. The SMILES string of the molecule is COc1cc(Br)cc(C2CCCCN2)c1OC1CCCC1. The Morgan fingerprint density at radius 3 is 2.52 bits per heavy atom. The maximum Gasteiger partial charge on any atom is 0.166 e. The lowest BCUT2D eigenvalue weighted by Crippen LogP contribution is -2.27. The summed E-state index contributed by atoms with van der Waals surface area (Å²) >= 11 is 3.60. The molecule has 1 aliphatic heterocycles. The van der Waals surface area contributed by atoms with Gasteiger partial charge in [-0.1, -0.05) is 22.4 Å². The summed E-state index contributed by atoms with van der Waals surface area (Å²) in [6, 6.07) is 4.58. The average molecular weight is 354 g/mol. The van der Waals surface area contributed by atoms with Gasteiger partial charge in [-0.05, 0) is 57.2 Å². The minimum absolute atomic E-state index is 0.349. The predicted molar refractivity (Wildman–Crippen MR) is 88.2 cm³/mol. The monoisotopic (exact) mass is 353 g/mol. The number of halogens is 1. The van der Waals surface area contributed by atoms with Gasteiger partial charge in [-0.25, -0.2) is 0 Å². The molecule has 0 spiro atoms. The third-order valence-corrected chi connectivity index (χ3v) is 5.00. The third-order valence-electron chi connectivity index (χ3n) is 4.54. The standard InChI is InChI=1S/C17H24BrNO2/c1-20-16-11-12(18)10-14(15-8-4-5-9-19-15)17(16)21-13-6-2-3-7-13/h10-11,13,15,19H,2-9H2,1H3. The zero-order valence-corrected chi connectivity index (χ0v) is 14.2. The smallest absolute Gasteiger partial charge is 0.166 e. The summed E-state index contributed by atoms with van der Waals surface area (Å²) in [7, 11) is 1.72. The molecule has 0 radical (unpaired) electrons. The van der Waals surface area contributed by atoms with E-state index in [0.29, 0.717) is 12.1 Å². The van der Waals surface area contributed by atoms with Crippen LogP contribution in [0.2, 0.25) is 0 Å². The molecule has 3 rings (SSSR count). The van der Waals surface area contributed by atoms with Gasteiger partial charge in [0.05, 0.1) is 13.2 Å². The lowest BCUT2D eigenvalue weighted by atomic mass is 9.96. The maximum absolute atomic E-state index is 6.35. The number of methoxy groups -OCH3 is 1. The van der Waals surface area contributed by atoms with Crippen LogP contribution in [-0.2, 0) is 0 Å². The molecule has 2 aliphatic rings. The Hall–Kier alpha value is -0.740. The fourth-order valence-corrected chi connectivity index (χ4v) is 3.87. The number of hydrogen-bond donors (Lipinski definition) is 1. The average Bonchev–Trinajstić information content (AvgIpc) is 3.02. The molecule has 0 aromatic heterocycles. The quantitative estimate of drug-likeness (QED) is 0.858. The highest BCUT2D eigenvalue weighted by atomic mass is 79.9. The normalized spacial score (nSPS) is 23.2. The second kappa shape index (κ2) is 7.01. The summed E-state index contributed by atoms with van der Waals surface area (Å²) in [6.07, 6.45) is 8.94. The van der Waals surface area contributed by atoms with E-state index in [1.165, 1.54) is 37.7 Å². The van der Waals surface area contributed by atoms with Crippen molar-refractivity contribution in [1.29, 1.82) is 0 Å². The van der Waals surface area contributed by atoms with Crippen LogP contribution in [0.5, 0.6) is 11.5 Å². The second-order valence-electron chi connectivity index (χ2n) is 6.05. The summed E-state index contributed by atoms with van der Waals surface area (Å²) < 4.78 is 13.0. The molecule has 1 unspecified atom stereocenters. The number of piperidine rings is 1. The topological polar surface area (TPSA) is 30.5 Å². The highest BCUT2D eigenvalue weighted by molar-refractivity contribution is 9.10. The molecule has 21 heavy (non-hydrogen) atoms. The van der Waals surface area contributed by atoms with Gasteiger partial charge in [0.1, 0.15) is 0 Å². The van der Waals surface area contributed by atoms with Crippen molar-refractivity contribution < 1.29 is 9.47 Å². The van der Waals surface area contributed by atoms with Crippen LogP contribution in [0.25, 0.3) is 0 Å². The molecule has 1 N–H and O–H groups in total. The number of rotatable bonds is 4. The number of hydrogen-bond acceptors (Lipinski definition) is 3. The number of nitrogens with one attached hydrogen (secondary N) is 1. The van der Waals surface area contributed by atoms with E-state index >= 15 is 0 Å². The summed E-state index contributed by atoms with van der Waals surface area (Å²) in [5, 5.41) is 3.62. The van der Waals surface area contributed by atoms with Gasteiger partial charge in [-0.15, -0.1) is 0 Å². The first-order chi connectivity index (χ1) is 10.3. The minimum Gasteiger partial charge on any atom is -0.493 e. The second-order valence-corrected chi connectivity index (χ2v) is 6.97. The molecule has 1 heterocycles. The fourth-order valence-electron chi connectivity index (χ4n) is 3.42. The van der Waals surface area contributed by atoms with Crippen LogP contribution in [-0.4, -0.2) is 19.8 Å². The first kappa shape index (κ1) is 15.2. The Labute approximate surface area is 135 Å². The molecule has 1 saturated carbocycles. The van der Waals surface area contributed by atoms with Crippen molar-refractivity contribution in [3.8, 4) is 11.5 Å². The Kier molecular flexibility index (Phi) is 5.07. The molecule has 1 atom stereocenters. The van der Waals surface area contributed by atoms with Crippen LogP contribution in [0.4, 0.5) is 0 Å². The molecule has 4 heteroatoms. The van der Waals surface area contributed by atoms with Crippen LogP contribution < -0.4 is 14.8 Å². The van der Waals surface area contributed by atoms with E-state index in [4.69, 9.17) is 9.47 Å². The molecule has 0 amide bonds. The molecule has 1 aliphatic carbocycles. The van der Waals surface area contributed by atoms with Gasteiger partial charge in [-0.2, -0.15) is 0 Å². The minimum atomic E-state index is 0.349. The van der Waals surface area contributed by atoms with Gasteiger partial charge >= 0.3 is 0 Å². The van der Waals surface area contributed by atoms with Crippen molar-refractivity contribution in [2.45, 2.75) is 57.1 Å². The summed E-state index contributed by atoms with van der Waals surface area (Å²) in [4.78, 5) is 0. The lowest BCUT2D eigenvalue weighted by Gasteiger charge is -2.28. The van der Waals surface area contributed by atoms with Crippen molar-refractivity contribution in [1.82, 2.24) is 5.32 Å². The first-order valence-corrected chi connectivity index (χ1v) is 8.84. The molecule has 2 fully saturated rings. The van der Waals surface area contributed by atoms with E-state index in [2.05, 4.69) is 27.3 Å². The van der Waals surface area contributed by atoms with Crippen molar-refractivity contribution >= 4 is 15.9 Å². The van der Waals surface area contributed by atoms with E-state index in [9.17, 15) is 0 Å². The van der Waals surface area contributed by atoms with Gasteiger partial charge < -0.3 is 14.8 Å². The Balaban J connectivity index is 1.92. The van der Waals surface area contributed by atoms with E-state index < -0.39 is 0 Å². The summed E-state index contributed by atoms with van der Waals surface area (Å²) in [6.45, 7) is 1.09. The van der Waals surface area contributed by atoms with Crippen LogP contribution in [0.15, 0.2) is 16.6 Å². The zero-order chi connectivity index (χ0) is 14.7. The van der Waals surface area contributed by atoms with Crippen LogP contribution >= 0.6 is 15.9 Å². The highest BCUT2D eigenvalue weighted by Gasteiger charge is 2.25. The van der Waals surface area contributed by atoms with Gasteiger partial charge in [0.2, 0.25) is 0 Å². The summed E-state index contributed by atoms with van der Waals surface area (Å²) in [5.41, 5.74) is 1.24. The molecule has 1 aromatic carbocycles. The lowest BCUT2D eigenvalue weighted by molar-refractivity contribution is 0.195. The van der Waals surface area contributed by atoms with E-state index in [1.54, 1.807) is 7.11 Å². The van der Waals surface area contributed by atoms with E-state index in [1.807, 2.05) is 6.07 Å². The predicted octanol–water partition coefficient (Wildman–Crippen LogP) is 4.59. The van der Waals surface area contributed by atoms with Gasteiger partial charge in [0, 0.05) is 16.1 Å². The van der Waals surface area contributed by atoms with Crippen LogP contribution in [0, 0.1) is 0 Å². The van der Waals surface area contributed by atoms with Crippen molar-refractivity contribution in [3.05, 3.63) is 22.2 Å². The number of ether oxygens (including phenoxy) is 2. The first-order valence-electron chi connectivity index (χ1n) is 8.05. The zero-order valence-electron chi connectivity index (χ0n) is 12.7. The van der Waals surface area contributed by atoms with E-state index in [0.717, 1.165) is 35.4 Å². The molecule has 0 bridgehead atoms. The van der Waals surface area contributed by atoms with Crippen molar-refractivity contribution in [2.24, 2.45) is 0 Å². The van der Waals surface area contributed by atoms with Crippen molar-refractivity contribution in [3.63, 3.8) is 0 Å². The number of benzene rings is 1. The molecular formula is C17H24BrNO2. The molecule has 116 valence electrons. The van der Waals surface area contributed by atoms with Crippen LogP contribution in [0.1, 0.15) is 56.6 Å². The third kappa shape index (κ3) is 3.54. The molecule has 1 saturated heterocycles. The Bertz CT molecular complexity index is 480. The van der Waals surface area contributed by atoms with Gasteiger partial charge in [-0.3, -0.25) is 0 Å². The maximum atomic E-state index is 6.35. The highest BCUT2D eigenvalue weighted by Crippen LogP contribution is 2.42. The van der Waals surface area contributed by atoms with Crippen molar-refractivity contribution in [2.75, 3.05) is 13.7 Å². The largest absolute Gasteiger partial charge is 0.493 e. The Morgan fingerprint density at radius 2 is 1.86 bits per heavy atom. The van der Waals surface area contributed by atoms with Gasteiger partial charge in [0.25, 0.3) is 0 Å². The molecular weight excluding hydrogens is 330 g/mol. The molecule has 1 aromatic rings. The summed E-state index contributed by atoms with van der Waals surface area (Å²) in [5.74, 6) is 1.80.